The molecule has 0 amide bonds. The lowest BCUT2D eigenvalue weighted by Crippen LogP contribution is -2.40. The molecule has 1 N–H and O–H groups in total. The van der Waals surface area contributed by atoms with Gasteiger partial charge in [-0.1, -0.05) is 32.1 Å². The molecule has 0 aromatic heterocycles. The third kappa shape index (κ3) is 3.61. The van der Waals surface area contributed by atoms with Crippen LogP contribution in [0.25, 0.3) is 0 Å². The zero-order valence-corrected chi connectivity index (χ0v) is 12.4. The average molecular weight is 273 g/mol. The standard InChI is InChI=1S/C15H28N2.ClH/c1-2-4-13(5-3-1)6-8-17-9-7-14-10-16-11-15(14)12-17;/h13-16H,1-12H2;1H. The maximum atomic E-state index is 3.56. The summed E-state index contributed by atoms with van der Waals surface area (Å²) in [5.41, 5.74) is 0. The summed E-state index contributed by atoms with van der Waals surface area (Å²) in [6.07, 6.45) is 10.4. The molecule has 0 spiro atoms. The first-order valence-electron chi connectivity index (χ1n) is 7.85. The third-order valence-corrected chi connectivity index (χ3v) is 5.37. The van der Waals surface area contributed by atoms with Gasteiger partial charge in [-0.05, 0) is 56.8 Å². The average Bonchev–Trinajstić information content (AvgIpc) is 2.85. The Kier molecular flexibility index (Phi) is 5.78. The Morgan fingerprint density at radius 3 is 2.56 bits per heavy atom. The van der Waals surface area contributed by atoms with E-state index in [2.05, 4.69) is 10.2 Å². The summed E-state index contributed by atoms with van der Waals surface area (Å²) >= 11 is 0. The molecular weight excluding hydrogens is 244 g/mol. The van der Waals surface area contributed by atoms with Crippen molar-refractivity contribution in [3.05, 3.63) is 0 Å². The van der Waals surface area contributed by atoms with Crippen molar-refractivity contribution in [2.24, 2.45) is 17.8 Å². The molecule has 3 rings (SSSR count). The van der Waals surface area contributed by atoms with Crippen molar-refractivity contribution in [2.45, 2.75) is 44.9 Å². The molecule has 3 fully saturated rings. The first-order valence-corrected chi connectivity index (χ1v) is 7.85. The number of nitrogens with zero attached hydrogens (tertiary/aromatic N) is 1. The van der Waals surface area contributed by atoms with Gasteiger partial charge >= 0.3 is 0 Å². The highest BCUT2D eigenvalue weighted by Crippen LogP contribution is 2.29. The predicted molar refractivity (Wildman–Crippen MR) is 79.3 cm³/mol. The smallest absolute Gasteiger partial charge is 0.00249 e. The molecule has 0 aromatic rings. The largest absolute Gasteiger partial charge is 0.316 e. The van der Waals surface area contributed by atoms with Gasteiger partial charge in [0.1, 0.15) is 0 Å². The topological polar surface area (TPSA) is 15.3 Å². The monoisotopic (exact) mass is 272 g/mol. The third-order valence-electron chi connectivity index (χ3n) is 5.37. The van der Waals surface area contributed by atoms with E-state index < -0.39 is 0 Å². The zero-order chi connectivity index (χ0) is 11.5. The van der Waals surface area contributed by atoms with E-state index in [9.17, 15) is 0 Å². The van der Waals surface area contributed by atoms with E-state index in [1.807, 2.05) is 0 Å². The highest BCUT2D eigenvalue weighted by atomic mass is 35.5. The quantitative estimate of drug-likeness (QED) is 0.850. The van der Waals surface area contributed by atoms with Crippen LogP contribution in [-0.2, 0) is 0 Å². The summed E-state index contributed by atoms with van der Waals surface area (Å²) in [5, 5.41) is 3.56. The maximum Gasteiger partial charge on any atom is 0.00249 e. The first-order chi connectivity index (χ1) is 8.42. The molecule has 2 unspecified atom stereocenters. The van der Waals surface area contributed by atoms with Gasteiger partial charge in [-0.25, -0.2) is 0 Å². The van der Waals surface area contributed by atoms with Gasteiger partial charge < -0.3 is 10.2 Å². The van der Waals surface area contributed by atoms with Crippen LogP contribution in [0.3, 0.4) is 0 Å². The Hall–Kier alpha value is 0.210. The summed E-state index contributed by atoms with van der Waals surface area (Å²) in [7, 11) is 0. The highest BCUT2D eigenvalue weighted by Gasteiger charge is 2.32. The lowest BCUT2D eigenvalue weighted by atomic mass is 9.85. The van der Waals surface area contributed by atoms with Gasteiger partial charge in [-0.2, -0.15) is 0 Å². The molecule has 2 saturated heterocycles. The van der Waals surface area contributed by atoms with Gasteiger partial charge in [-0.3, -0.25) is 0 Å². The number of hydrogen-bond acceptors (Lipinski definition) is 2. The van der Waals surface area contributed by atoms with E-state index in [0.29, 0.717) is 0 Å². The SMILES string of the molecule is C1CCC(CCN2CCC3CNCC3C2)CC1.Cl. The van der Waals surface area contributed by atoms with Gasteiger partial charge in [0.25, 0.3) is 0 Å². The van der Waals surface area contributed by atoms with Gasteiger partial charge in [-0.15, -0.1) is 12.4 Å². The van der Waals surface area contributed by atoms with Crippen LogP contribution in [0.4, 0.5) is 0 Å². The van der Waals surface area contributed by atoms with Crippen LogP contribution in [-0.4, -0.2) is 37.6 Å². The van der Waals surface area contributed by atoms with Crippen LogP contribution in [0.15, 0.2) is 0 Å². The lowest BCUT2D eigenvalue weighted by Gasteiger charge is -2.35. The lowest BCUT2D eigenvalue weighted by molar-refractivity contribution is 0.136. The number of hydrogen-bond donors (Lipinski definition) is 1. The minimum Gasteiger partial charge on any atom is -0.316 e. The molecule has 2 nitrogen and oxygen atoms in total. The fourth-order valence-corrected chi connectivity index (χ4v) is 4.15. The Morgan fingerprint density at radius 2 is 1.72 bits per heavy atom. The minimum absolute atomic E-state index is 0. The molecule has 106 valence electrons. The number of nitrogens with one attached hydrogen (secondary N) is 1. The molecule has 0 radical (unpaired) electrons. The van der Waals surface area contributed by atoms with Gasteiger partial charge in [0.2, 0.25) is 0 Å². The summed E-state index contributed by atoms with van der Waals surface area (Å²) in [5.74, 6) is 3.03. The maximum absolute atomic E-state index is 3.56. The second-order valence-electron chi connectivity index (χ2n) is 6.56. The molecule has 2 heterocycles. The van der Waals surface area contributed by atoms with Crippen molar-refractivity contribution in [1.29, 1.82) is 0 Å². The molecule has 0 aromatic carbocycles. The highest BCUT2D eigenvalue weighted by molar-refractivity contribution is 5.85. The molecule has 1 aliphatic carbocycles. The normalized spacial score (nSPS) is 34.0. The summed E-state index contributed by atoms with van der Waals surface area (Å²) in [6.45, 7) is 6.71. The van der Waals surface area contributed by atoms with Crippen LogP contribution in [0, 0.1) is 17.8 Å². The fourth-order valence-electron chi connectivity index (χ4n) is 4.15. The number of piperidine rings is 1. The number of rotatable bonds is 3. The molecule has 3 aliphatic rings. The molecule has 0 bridgehead atoms. The molecule has 2 aliphatic heterocycles. The Bertz CT molecular complexity index is 241. The Balaban J connectivity index is 0.00000120. The molecule has 18 heavy (non-hydrogen) atoms. The van der Waals surface area contributed by atoms with E-state index in [-0.39, 0.29) is 12.4 Å². The number of halogens is 1. The molecule has 1 saturated carbocycles. The first kappa shape index (κ1) is 14.6. The number of likely N-dealkylation sites (tertiary alicyclic amines) is 1. The van der Waals surface area contributed by atoms with Crippen molar-refractivity contribution in [3.63, 3.8) is 0 Å². The summed E-state index contributed by atoms with van der Waals surface area (Å²) in [6, 6.07) is 0. The molecule has 3 heteroatoms. The minimum atomic E-state index is 0. The van der Waals surface area contributed by atoms with Gasteiger partial charge in [0.05, 0.1) is 0 Å². The van der Waals surface area contributed by atoms with Crippen LogP contribution in [0.2, 0.25) is 0 Å². The van der Waals surface area contributed by atoms with E-state index in [4.69, 9.17) is 0 Å². The predicted octanol–water partition coefficient (Wildman–Crippen LogP) is 2.92. The Labute approximate surface area is 118 Å². The summed E-state index contributed by atoms with van der Waals surface area (Å²) < 4.78 is 0. The van der Waals surface area contributed by atoms with Crippen molar-refractivity contribution in [1.82, 2.24) is 10.2 Å². The molecule has 2 atom stereocenters. The van der Waals surface area contributed by atoms with Crippen LogP contribution in [0.1, 0.15) is 44.9 Å². The van der Waals surface area contributed by atoms with Crippen molar-refractivity contribution in [3.8, 4) is 0 Å². The van der Waals surface area contributed by atoms with E-state index >= 15 is 0 Å². The van der Waals surface area contributed by atoms with Crippen molar-refractivity contribution >= 4 is 12.4 Å². The van der Waals surface area contributed by atoms with Gasteiger partial charge in [0.15, 0.2) is 0 Å². The van der Waals surface area contributed by atoms with Crippen LogP contribution >= 0.6 is 12.4 Å². The van der Waals surface area contributed by atoms with Crippen molar-refractivity contribution < 1.29 is 0 Å². The second kappa shape index (κ2) is 7.12. The fraction of sp³-hybridized carbons (Fsp3) is 1.00. The zero-order valence-electron chi connectivity index (χ0n) is 11.6. The second-order valence-corrected chi connectivity index (χ2v) is 6.56. The van der Waals surface area contributed by atoms with Crippen LogP contribution in [0.5, 0.6) is 0 Å². The van der Waals surface area contributed by atoms with E-state index in [0.717, 1.165) is 17.8 Å². The van der Waals surface area contributed by atoms with E-state index in [1.54, 1.807) is 0 Å². The van der Waals surface area contributed by atoms with Crippen molar-refractivity contribution in [2.75, 3.05) is 32.7 Å². The summed E-state index contributed by atoms with van der Waals surface area (Å²) in [4.78, 5) is 2.75. The Morgan fingerprint density at radius 1 is 0.944 bits per heavy atom. The molecular formula is C15H29ClN2. The van der Waals surface area contributed by atoms with Crippen LogP contribution < -0.4 is 5.32 Å². The van der Waals surface area contributed by atoms with E-state index in [1.165, 1.54) is 77.7 Å². The number of fused-ring (bicyclic) bond motifs is 1. The van der Waals surface area contributed by atoms with Gasteiger partial charge in [0, 0.05) is 6.54 Å².